The maximum absolute atomic E-state index is 3.09. The summed E-state index contributed by atoms with van der Waals surface area (Å²) < 4.78 is 7.79. The van der Waals surface area contributed by atoms with Gasteiger partial charge in [-0.3, -0.25) is 0 Å². The number of anilines is 4. The molecule has 22 rings (SSSR count). The highest BCUT2D eigenvalue weighted by Crippen LogP contribution is 2.55. The molecule has 0 saturated heterocycles. The Morgan fingerprint density at radius 2 is 0.694 bits per heavy atom. The summed E-state index contributed by atoms with van der Waals surface area (Å²) in [5, 5.41) is 7.71. The average molecular weight is 1620 g/mol. The van der Waals surface area contributed by atoms with Crippen molar-refractivity contribution in [3.8, 4) is 39.3 Å². The van der Waals surface area contributed by atoms with Crippen LogP contribution in [0.1, 0.15) is 221 Å². The first kappa shape index (κ1) is 78.9. The fraction of sp³-hybridized carbons (Fsp3) is 0.339. The van der Waals surface area contributed by atoms with Crippen molar-refractivity contribution in [2.75, 3.05) is 9.80 Å². The zero-order valence-electron chi connectivity index (χ0n) is 75.4. The van der Waals surface area contributed by atoms with Gasteiger partial charge in [-0.1, -0.05) is 258 Å². The van der Waals surface area contributed by atoms with Crippen molar-refractivity contribution in [2.24, 2.45) is 23.7 Å². The van der Waals surface area contributed by atoms with E-state index in [1.165, 1.54) is 211 Å². The van der Waals surface area contributed by atoms with Gasteiger partial charge in [0.1, 0.15) is 0 Å². The molecule has 622 valence electrons. The lowest BCUT2D eigenvalue weighted by molar-refractivity contribution is 0.391. The molecular formula is C118H122BN5. The van der Waals surface area contributed by atoms with Gasteiger partial charge in [0.25, 0.3) is 6.71 Å². The summed E-state index contributed by atoms with van der Waals surface area (Å²) in [7, 11) is 0. The van der Waals surface area contributed by atoms with E-state index >= 15 is 0 Å². The summed E-state index contributed by atoms with van der Waals surface area (Å²) in [6, 6.07) is 88.6. The van der Waals surface area contributed by atoms with Gasteiger partial charge in [-0.25, -0.2) is 0 Å². The van der Waals surface area contributed by atoms with Crippen molar-refractivity contribution in [3.63, 3.8) is 0 Å². The van der Waals surface area contributed by atoms with Crippen molar-refractivity contribution in [1.29, 1.82) is 0 Å². The van der Waals surface area contributed by atoms with Crippen LogP contribution in [-0.4, -0.2) is 32.5 Å². The summed E-state index contributed by atoms with van der Waals surface area (Å²) in [5.74, 6) is 1.53. The van der Waals surface area contributed by atoms with Crippen LogP contribution < -0.4 is 26.2 Å². The number of hydrogen-bond acceptors (Lipinski definition) is 2. The van der Waals surface area contributed by atoms with Gasteiger partial charge in [-0.05, 0) is 324 Å². The van der Waals surface area contributed by atoms with Gasteiger partial charge in [0.15, 0.2) is 0 Å². The van der Waals surface area contributed by atoms with E-state index in [0.29, 0.717) is 23.7 Å². The summed E-state index contributed by atoms with van der Waals surface area (Å²) in [6.07, 6.45) is 42.0. The first-order chi connectivity index (χ1) is 60.1. The number of para-hydroxylation sites is 4. The predicted octanol–water partition coefficient (Wildman–Crippen LogP) is 30.0. The van der Waals surface area contributed by atoms with Crippen LogP contribution in [0.4, 0.5) is 22.7 Å². The quantitative estimate of drug-likeness (QED) is 0.0951. The Morgan fingerprint density at radius 3 is 1.12 bits per heavy atom. The Kier molecular flexibility index (Phi) is 19.3. The first-order valence-corrected chi connectivity index (χ1v) is 47.6. The second-order valence-electron chi connectivity index (χ2n) is 42.4. The Balaban J connectivity index is 0.850. The molecule has 6 unspecified atom stereocenters. The smallest absolute Gasteiger partial charge is 0.252 e. The molecule has 14 aromatic rings. The van der Waals surface area contributed by atoms with Crippen molar-refractivity contribution in [1.82, 2.24) is 13.7 Å². The van der Waals surface area contributed by atoms with E-state index in [1.807, 2.05) is 0 Å². The van der Waals surface area contributed by atoms with Crippen LogP contribution in [0.15, 0.2) is 289 Å². The third kappa shape index (κ3) is 13.3. The van der Waals surface area contributed by atoms with Gasteiger partial charge in [-0.2, -0.15) is 0 Å². The van der Waals surface area contributed by atoms with Gasteiger partial charge in [-0.15, -0.1) is 0 Å². The number of rotatable bonds is 11. The van der Waals surface area contributed by atoms with Gasteiger partial charge >= 0.3 is 0 Å². The fourth-order valence-electron chi connectivity index (χ4n) is 24.1. The van der Waals surface area contributed by atoms with Crippen LogP contribution in [0, 0.1) is 23.7 Å². The van der Waals surface area contributed by atoms with Gasteiger partial charge in [0, 0.05) is 84.0 Å². The molecule has 0 saturated carbocycles. The Labute approximate surface area is 736 Å². The van der Waals surface area contributed by atoms with E-state index in [-0.39, 0.29) is 40.5 Å². The van der Waals surface area contributed by atoms with Crippen molar-refractivity contribution in [3.05, 3.63) is 312 Å². The Hall–Kier alpha value is -11.1. The van der Waals surface area contributed by atoms with E-state index in [2.05, 4.69) is 374 Å². The lowest BCUT2D eigenvalue weighted by Crippen LogP contribution is -2.65. The molecule has 6 aliphatic carbocycles. The minimum Gasteiger partial charge on any atom is -0.334 e. The molecule has 0 spiro atoms. The molecule has 3 aromatic heterocycles. The maximum Gasteiger partial charge on any atom is 0.252 e. The lowest BCUT2D eigenvalue weighted by atomic mass is 9.33. The van der Waals surface area contributed by atoms with E-state index < -0.39 is 0 Å². The second kappa shape index (κ2) is 30.4. The SMILES string of the molecule is CC(C)(C)c1cc(-n2c3ccccc3c3cc(-c4ccc5c(c4)B4c6ccc(-n7c8ccccc8c8ccccc87)cc6N(C6C(C7CC=CCC7)=CCCC6C6=CCCCC6)c6cc(-c7ccc8c(c7)c7ccccc7n8-c7cc(C(C)(C)C)cc(C(C)(C)C)c7)cc(c64)N5C4C(C5CC=CCC5)=CCCC4C4=CCCCC4)ccc32)cc(C(C)(C)C)c1. The minimum absolute atomic E-state index is 0.0382. The highest BCUT2D eigenvalue weighted by atomic mass is 15.2. The van der Waals surface area contributed by atoms with Crippen LogP contribution in [0.25, 0.3) is 105 Å². The van der Waals surface area contributed by atoms with Crippen molar-refractivity contribution in [2.45, 2.75) is 232 Å². The molecule has 0 amide bonds. The molecule has 8 aliphatic rings. The first-order valence-electron chi connectivity index (χ1n) is 47.6. The molecule has 11 aromatic carbocycles. The zero-order chi connectivity index (χ0) is 84.4. The lowest BCUT2D eigenvalue weighted by Gasteiger charge is -2.53. The molecule has 6 atom stereocenters. The largest absolute Gasteiger partial charge is 0.334 e. The molecular weight excluding hydrogens is 1500 g/mol. The topological polar surface area (TPSA) is 21.3 Å². The molecule has 0 N–H and O–H groups in total. The molecule has 2 aliphatic heterocycles. The van der Waals surface area contributed by atoms with Crippen LogP contribution >= 0.6 is 0 Å². The van der Waals surface area contributed by atoms with Crippen molar-refractivity contribution >= 4 is 111 Å². The van der Waals surface area contributed by atoms with Gasteiger partial charge in [0.2, 0.25) is 0 Å². The molecule has 0 radical (unpaired) electrons. The standard InChI is InChI=1S/C118H122BN5/c1-115(2,3)83-68-84(116(4,5)6)71-88(70-83)121-104-53-31-27-45-96(104)98-63-79(55-60-106(98)121)81-57-62-108-101(65-81)119-100-59-58-87(120-102-51-29-25-43-94(102)95-44-26-30-52-103(95)120)74-109(100)124(114-92(77-39-21-15-22-40-77)49-34-50-93(114)78-41-23-16-24-42-78)111-67-82(66-110(112(111)119)123(108)113-90(75-35-17-13-18-36-75)47-33-48-91(113)76-37-19-14-20-38-76)80-56-61-107-99(64-80)97-46-28-32-54-105(97)122(107)89-72-85(117(7,8)9)69-86(73-89)118(10,11)12/h13,15,17,21,25-32,37,41,43-47,49,51-75,77,91,93,113-114H,14,16,18-20,22-24,33-36,38-40,42,48,50H2,1-12H3. The van der Waals surface area contributed by atoms with Gasteiger partial charge < -0.3 is 23.5 Å². The number of benzene rings is 11. The number of fused-ring (bicyclic) bond motifs is 13. The van der Waals surface area contributed by atoms with E-state index in [9.17, 15) is 0 Å². The average Bonchev–Trinajstić information content (AvgIpc) is 0.826. The zero-order valence-corrected chi connectivity index (χ0v) is 75.4. The highest BCUT2D eigenvalue weighted by molar-refractivity contribution is 7.00. The van der Waals surface area contributed by atoms with E-state index in [1.54, 1.807) is 22.3 Å². The van der Waals surface area contributed by atoms with Crippen LogP contribution in [0.3, 0.4) is 0 Å². The Bertz CT molecular complexity index is 6750. The number of nitrogens with zero attached hydrogens (tertiary/aromatic N) is 5. The number of aromatic nitrogens is 3. The van der Waals surface area contributed by atoms with Crippen LogP contribution in [-0.2, 0) is 21.7 Å². The van der Waals surface area contributed by atoms with Gasteiger partial charge in [0.05, 0.1) is 45.2 Å². The molecule has 0 bridgehead atoms. The minimum atomic E-state index is -0.134. The predicted molar refractivity (Wildman–Crippen MR) is 532 cm³/mol. The summed E-state index contributed by atoms with van der Waals surface area (Å²) in [6.45, 7) is 28.3. The molecule has 0 fully saturated rings. The second-order valence-corrected chi connectivity index (χ2v) is 42.4. The number of hydrogen-bond donors (Lipinski definition) is 0. The third-order valence-corrected chi connectivity index (χ3v) is 30.6. The highest BCUT2D eigenvalue weighted by Gasteiger charge is 2.51. The molecule has 6 heteroatoms. The van der Waals surface area contributed by atoms with E-state index in [4.69, 9.17) is 0 Å². The molecule has 124 heavy (non-hydrogen) atoms. The van der Waals surface area contributed by atoms with Crippen molar-refractivity contribution < 1.29 is 0 Å². The summed E-state index contributed by atoms with van der Waals surface area (Å²) >= 11 is 0. The fourth-order valence-corrected chi connectivity index (χ4v) is 24.1. The van der Waals surface area contributed by atoms with Crippen LogP contribution in [0.2, 0.25) is 0 Å². The summed E-state index contributed by atoms with van der Waals surface area (Å²) in [4.78, 5) is 6.17. The summed E-state index contributed by atoms with van der Waals surface area (Å²) in [5.41, 5.74) is 37.9. The monoisotopic (exact) mass is 1620 g/mol. The molecule has 5 nitrogen and oxygen atoms in total. The Morgan fingerprint density at radius 1 is 0.290 bits per heavy atom. The normalized spacial score (nSPS) is 20.7. The van der Waals surface area contributed by atoms with Crippen LogP contribution in [0.5, 0.6) is 0 Å². The third-order valence-electron chi connectivity index (χ3n) is 30.6. The molecule has 5 heterocycles. The van der Waals surface area contributed by atoms with E-state index in [0.717, 1.165) is 70.6 Å². The maximum atomic E-state index is 3.09. The number of allylic oxidation sites excluding steroid dienone is 8.